The van der Waals surface area contributed by atoms with Gasteiger partial charge in [0, 0.05) is 18.8 Å². The average Bonchev–Trinajstić information content (AvgIpc) is 2.45. The van der Waals surface area contributed by atoms with Gasteiger partial charge in [-0.3, -0.25) is 0 Å². The standard InChI is InChI=1S/C14H17N3O3S/c1-10-3-4-13(12(15)7-10)21(18,19)17-9-11-5-6-16-14(8-11)20-2/h3-8,17H,9,15H2,1-2H3. The fourth-order valence-electron chi connectivity index (χ4n) is 1.84. The summed E-state index contributed by atoms with van der Waals surface area (Å²) in [4.78, 5) is 4.04. The molecule has 0 radical (unpaired) electrons. The number of hydrogen-bond donors (Lipinski definition) is 2. The molecule has 0 aliphatic heterocycles. The predicted octanol–water partition coefficient (Wildman–Crippen LogP) is 1.46. The minimum Gasteiger partial charge on any atom is -0.481 e. The van der Waals surface area contributed by atoms with Gasteiger partial charge in [-0.2, -0.15) is 0 Å². The van der Waals surface area contributed by atoms with E-state index >= 15 is 0 Å². The number of nitrogens with zero attached hydrogens (tertiary/aromatic N) is 1. The largest absolute Gasteiger partial charge is 0.481 e. The number of anilines is 1. The predicted molar refractivity (Wildman–Crippen MR) is 80.4 cm³/mol. The molecule has 0 unspecified atom stereocenters. The molecule has 0 aliphatic rings. The summed E-state index contributed by atoms with van der Waals surface area (Å²) < 4.78 is 32.0. The van der Waals surface area contributed by atoms with Crippen LogP contribution in [-0.4, -0.2) is 20.5 Å². The molecule has 1 aromatic carbocycles. The second-order valence-corrected chi connectivity index (χ2v) is 6.31. The molecule has 0 bridgehead atoms. The third-order valence-corrected chi connectivity index (χ3v) is 4.40. The summed E-state index contributed by atoms with van der Waals surface area (Å²) in [5.41, 5.74) is 7.66. The van der Waals surface area contributed by atoms with E-state index in [-0.39, 0.29) is 17.1 Å². The fourth-order valence-corrected chi connectivity index (χ4v) is 2.97. The van der Waals surface area contributed by atoms with Gasteiger partial charge in [0.05, 0.1) is 12.8 Å². The van der Waals surface area contributed by atoms with Crippen molar-refractivity contribution in [3.63, 3.8) is 0 Å². The number of aryl methyl sites for hydroxylation is 1. The molecule has 1 heterocycles. The first-order valence-electron chi connectivity index (χ1n) is 6.27. The van der Waals surface area contributed by atoms with Gasteiger partial charge in [0.2, 0.25) is 15.9 Å². The zero-order valence-corrected chi connectivity index (χ0v) is 12.6. The van der Waals surface area contributed by atoms with Crippen LogP contribution in [0.2, 0.25) is 0 Å². The van der Waals surface area contributed by atoms with Crippen LogP contribution in [0.25, 0.3) is 0 Å². The molecule has 0 atom stereocenters. The van der Waals surface area contributed by atoms with Gasteiger partial charge < -0.3 is 10.5 Å². The first-order chi connectivity index (χ1) is 9.92. The zero-order chi connectivity index (χ0) is 15.5. The Balaban J connectivity index is 2.17. The molecule has 0 spiro atoms. The quantitative estimate of drug-likeness (QED) is 0.816. The maximum Gasteiger partial charge on any atom is 0.242 e. The van der Waals surface area contributed by atoms with E-state index in [1.165, 1.54) is 13.2 Å². The lowest BCUT2D eigenvalue weighted by molar-refractivity contribution is 0.397. The van der Waals surface area contributed by atoms with Crippen molar-refractivity contribution in [2.75, 3.05) is 12.8 Å². The highest BCUT2D eigenvalue weighted by Crippen LogP contribution is 2.19. The zero-order valence-electron chi connectivity index (χ0n) is 11.8. The van der Waals surface area contributed by atoms with Gasteiger partial charge in [-0.25, -0.2) is 18.1 Å². The van der Waals surface area contributed by atoms with Crippen LogP contribution in [0.5, 0.6) is 5.88 Å². The van der Waals surface area contributed by atoms with E-state index < -0.39 is 10.0 Å². The number of nitrogens with two attached hydrogens (primary N) is 1. The van der Waals surface area contributed by atoms with E-state index in [0.717, 1.165) is 11.1 Å². The molecule has 7 heteroatoms. The third-order valence-electron chi connectivity index (χ3n) is 2.93. The molecule has 6 nitrogen and oxygen atoms in total. The average molecular weight is 307 g/mol. The smallest absolute Gasteiger partial charge is 0.242 e. The number of methoxy groups -OCH3 is 1. The fraction of sp³-hybridized carbons (Fsp3) is 0.214. The molecule has 21 heavy (non-hydrogen) atoms. The Kier molecular flexibility index (Phi) is 4.44. The molecule has 0 aliphatic carbocycles. The minimum absolute atomic E-state index is 0.0779. The molecule has 0 fully saturated rings. The van der Waals surface area contributed by atoms with Gasteiger partial charge in [-0.15, -0.1) is 0 Å². The van der Waals surface area contributed by atoms with Crippen LogP contribution in [-0.2, 0) is 16.6 Å². The topological polar surface area (TPSA) is 94.3 Å². The number of hydrogen-bond acceptors (Lipinski definition) is 5. The highest BCUT2D eigenvalue weighted by Gasteiger charge is 2.17. The molecule has 0 saturated heterocycles. The number of pyridine rings is 1. The van der Waals surface area contributed by atoms with Crippen LogP contribution < -0.4 is 15.2 Å². The third kappa shape index (κ3) is 3.71. The highest BCUT2D eigenvalue weighted by atomic mass is 32.2. The summed E-state index contributed by atoms with van der Waals surface area (Å²) in [6, 6.07) is 8.22. The molecule has 112 valence electrons. The number of ether oxygens (including phenoxy) is 1. The minimum atomic E-state index is -3.66. The molecule has 2 rings (SSSR count). The first kappa shape index (κ1) is 15.3. The van der Waals surface area contributed by atoms with Crippen LogP contribution >= 0.6 is 0 Å². The summed E-state index contributed by atoms with van der Waals surface area (Å²) in [6.45, 7) is 1.98. The van der Waals surface area contributed by atoms with E-state index in [4.69, 9.17) is 10.5 Å². The SMILES string of the molecule is COc1cc(CNS(=O)(=O)c2ccc(C)cc2N)ccn1. The summed E-state index contributed by atoms with van der Waals surface area (Å²) in [5.74, 6) is 0.432. The summed E-state index contributed by atoms with van der Waals surface area (Å²) in [7, 11) is -2.16. The molecule has 2 aromatic rings. The molecular formula is C14H17N3O3S. The Morgan fingerprint density at radius 1 is 1.29 bits per heavy atom. The van der Waals surface area contributed by atoms with E-state index in [2.05, 4.69) is 9.71 Å². The van der Waals surface area contributed by atoms with Crippen molar-refractivity contribution in [1.82, 2.24) is 9.71 Å². The van der Waals surface area contributed by atoms with Crippen LogP contribution in [0.15, 0.2) is 41.4 Å². The number of benzene rings is 1. The number of sulfonamides is 1. The van der Waals surface area contributed by atoms with E-state index in [9.17, 15) is 8.42 Å². The molecule has 3 N–H and O–H groups in total. The number of nitrogens with one attached hydrogen (secondary N) is 1. The lowest BCUT2D eigenvalue weighted by Gasteiger charge is -2.10. The normalized spacial score (nSPS) is 11.3. The Hall–Kier alpha value is -2.12. The molecule has 1 aromatic heterocycles. The molecule has 0 amide bonds. The van der Waals surface area contributed by atoms with Crippen LogP contribution in [0.1, 0.15) is 11.1 Å². The van der Waals surface area contributed by atoms with Gasteiger partial charge in [-0.1, -0.05) is 6.07 Å². The monoisotopic (exact) mass is 307 g/mol. The van der Waals surface area contributed by atoms with Crippen molar-refractivity contribution < 1.29 is 13.2 Å². The van der Waals surface area contributed by atoms with Gasteiger partial charge in [0.1, 0.15) is 4.90 Å². The van der Waals surface area contributed by atoms with Crippen molar-refractivity contribution in [3.8, 4) is 5.88 Å². The van der Waals surface area contributed by atoms with Crippen molar-refractivity contribution in [3.05, 3.63) is 47.7 Å². The number of rotatable bonds is 5. The Morgan fingerprint density at radius 2 is 2.05 bits per heavy atom. The van der Waals surface area contributed by atoms with Crippen molar-refractivity contribution >= 4 is 15.7 Å². The first-order valence-corrected chi connectivity index (χ1v) is 7.75. The summed E-state index contributed by atoms with van der Waals surface area (Å²) >= 11 is 0. The second kappa shape index (κ2) is 6.11. The van der Waals surface area contributed by atoms with Crippen LogP contribution in [0.3, 0.4) is 0 Å². The Morgan fingerprint density at radius 3 is 2.71 bits per heavy atom. The lowest BCUT2D eigenvalue weighted by Crippen LogP contribution is -2.24. The summed E-state index contributed by atoms with van der Waals surface area (Å²) in [5, 5.41) is 0. The van der Waals surface area contributed by atoms with Crippen molar-refractivity contribution in [2.45, 2.75) is 18.4 Å². The number of aromatic nitrogens is 1. The van der Waals surface area contributed by atoms with Gasteiger partial charge >= 0.3 is 0 Å². The van der Waals surface area contributed by atoms with E-state index in [0.29, 0.717) is 5.88 Å². The second-order valence-electron chi connectivity index (χ2n) is 4.57. The molecular weight excluding hydrogens is 290 g/mol. The van der Waals surface area contributed by atoms with Gasteiger partial charge in [-0.05, 0) is 36.2 Å². The maximum atomic E-state index is 12.3. The van der Waals surface area contributed by atoms with Crippen LogP contribution in [0.4, 0.5) is 5.69 Å². The van der Waals surface area contributed by atoms with Gasteiger partial charge in [0.25, 0.3) is 0 Å². The molecule has 0 saturated carbocycles. The Bertz CT molecular complexity index is 745. The summed E-state index contributed by atoms with van der Waals surface area (Å²) in [6.07, 6.45) is 1.56. The van der Waals surface area contributed by atoms with E-state index in [1.807, 2.05) is 6.92 Å². The lowest BCUT2D eigenvalue weighted by atomic mass is 10.2. The maximum absolute atomic E-state index is 12.3. The highest BCUT2D eigenvalue weighted by molar-refractivity contribution is 7.89. The van der Waals surface area contributed by atoms with E-state index in [1.54, 1.807) is 30.5 Å². The van der Waals surface area contributed by atoms with Crippen molar-refractivity contribution in [1.29, 1.82) is 0 Å². The van der Waals surface area contributed by atoms with Crippen LogP contribution in [0, 0.1) is 6.92 Å². The van der Waals surface area contributed by atoms with Gasteiger partial charge in [0.15, 0.2) is 0 Å². The van der Waals surface area contributed by atoms with Crippen molar-refractivity contribution in [2.24, 2.45) is 0 Å². The number of nitrogen functional groups attached to an aromatic ring is 1. The Labute approximate surface area is 124 Å².